The molecule has 1 aliphatic heterocycles. The number of benzene rings is 2. The van der Waals surface area contributed by atoms with E-state index in [-0.39, 0.29) is 0 Å². The van der Waals surface area contributed by atoms with Crippen LogP contribution >= 0.6 is 24.0 Å². The van der Waals surface area contributed by atoms with Gasteiger partial charge >= 0.3 is 0 Å². The lowest BCUT2D eigenvalue weighted by molar-refractivity contribution is 1.02. The van der Waals surface area contributed by atoms with Crippen molar-refractivity contribution in [1.82, 2.24) is 0 Å². The largest absolute Gasteiger partial charge is 0.332 e. The molecule has 106 valence electrons. The zero-order valence-corrected chi connectivity index (χ0v) is 13.6. The van der Waals surface area contributed by atoms with E-state index in [1.165, 1.54) is 21.1 Å². The minimum absolute atomic E-state index is 0.974. The molecule has 3 rings (SSSR count). The molecule has 1 fully saturated rings. The van der Waals surface area contributed by atoms with Crippen LogP contribution in [0.3, 0.4) is 0 Å². The Morgan fingerprint density at radius 2 is 1.62 bits per heavy atom. The van der Waals surface area contributed by atoms with Crippen molar-refractivity contribution in [2.24, 2.45) is 0 Å². The Bertz CT molecular complexity index is 662. The number of allylic oxidation sites excluding steroid dienone is 1. The summed E-state index contributed by atoms with van der Waals surface area (Å²) in [5.74, 6) is 0. The molecule has 0 atom stereocenters. The van der Waals surface area contributed by atoms with E-state index in [1.54, 1.807) is 0 Å². The van der Waals surface area contributed by atoms with Crippen molar-refractivity contribution in [3.8, 4) is 0 Å². The minimum atomic E-state index is 0.974. The van der Waals surface area contributed by atoms with Gasteiger partial charge in [-0.2, -0.15) is 0 Å². The maximum absolute atomic E-state index is 5.69. The van der Waals surface area contributed by atoms with Gasteiger partial charge in [0.15, 0.2) is 0 Å². The Labute approximate surface area is 135 Å². The number of anilines is 1. The molecule has 0 bridgehead atoms. The average Bonchev–Trinajstić information content (AvgIpc) is 2.91. The first-order chi connectivity index (χ1) is 10.3. The number of hydrogen-bond donors (Lipinski definition) is 0. The van der Waals surface area contributed by atoms with Crippen LogP contribution in [0.4, 0.5) is 5.69 Å². The molecule has 1 aliphatic rings. The van der Waals surface area contributed by atoms with Crippen molar-refractivity contribution in [1.29, 1.82) is 0 Å². The summed E-state index contributed by atoms with van der Waals surface area (Å²) in [4.78, 5) is 5.79. The topological polar surface area (TPSA) is 3.24 Å². The maximum Gasteiger partial charge on any atom is 0.110 e. The molecule has 0 aromatic heterocycles. The third-order valence-corrected chi connectivity index (χ3v) is 5.12. The molecule has 1 saturated heterocycles. The normalized spacial score (nSPS) is 17.2. The van der Waals surface area contributed by atoms with Crippen LogP contribution in [0.25, 0.3) is 0 Å². The fourth-order valence-electron chi connectivity index (χ4n) is 2.50. The third-order valence-electron chi connectivity index (χ3n) is 3.60. The monoisotopic (exact) mass is 311 g/mol. The van der Waals surface area contributed by atoms with E-state index in [4.69, 9.17) is 12.2 Å². The van der Waals surface area contributed by atoms with Crippen LogP contribution in [0.5, 0.6) is 0 Å². The van der Waals surface area contributed by atoms with Crippen molar-refractivity contribution >= 4 is 34.7 Å². The van der Waals surface area contributed by atoms with Gasteiger partial charge in [-0.1, -0.05) is 60.4 Å². The van der Waals surface area contributed by atoms with Crippen LogP contribution in [-0.4, -0.2) is 11.5 Å². The second kappa shape index (κ2) is 6.46. The second-order valence-corrected chi connectivity index (χ2v) is 6.67. The first kappa shape index (κ1) is 14.4. The van der Waals surface area contributed by atoms with Crippen molar-refractivity contribution < 1.29 is 0 Å². The molecular weight excluding hydrogens is 294 g/mol. The fraction of sp³-hybridized carbons (Fsp3) is 0.167. The number of rotatable bonds is 3. The Kier molecular flexibility index (Phi) is 4.42. The summed E-state index contributed by atoms with van der Waals surface area (Å²) >= 11 is 7.50. The van der Waals surface area contributed by atoms with Gasteiger partial charge in [-0.05, 0) is 48.1 Å². The molecule has 0 unspecified atom stereocenters. The molecule has 1 heterocycles. The van der Waals surface area contributed by atoms with Gasteiger partial charge in [-0.25, -0.2) is 0 Å². The Hall–Kier alpha value is -1.58. The first-order valence-corrected chi connectivity index (χ1v) is 8.28. The lowest BCUT2D eigenvalue weighted by atomic mass is 10.2. The summed E-state index contributed by atoms with van der Waals surface area (Å²) in [6.07, 6.45) is 1.03. The molecule has 2 aromatic carbocycles. The number of thioether (sulfide) groups is 1. The molecule has 2 aromatic rings. The van der Waals surface area contributed by atoms with E-state index < -0.39 is 0 Å². The minimum Gasteiger partial charge on any atom is -0.332 e. The SMILES string of the molecule is C/C(Sc1ccccc1)=C1/CCN(c2ccccc2)C1=S. The van der Waals surface area contributed by atoms with E-state index in [0.29, 0.717) is 0 Å². The number of nitrogens with zero attached hydrogens (tertiary/aromatic N) is 1. The molecule has 3 heteroatoms. The van der Waals surface area contributed by atoms with E-state index >= 15 is 0 Å². The van der Waals surface area contributed by atoms with E-state index in [2.05, 4.69) is 60.4 Å². The van der Waals surface area contributed by atoms with Gasteiger partial charge in [-0.15, -0.1) is 0 Å². The highest BCUT2D eigenvalue weighted by atomic mass is 32.2. The molecule has 0 aliphatic carbocycles. The van der Waals surface area contributed by atoms with E-state index in [9.17, 15) is 0 Å². The predicted molar refractivity (Wildman–Crippen MR) is 96.0 cm³/mol. The molecule has 21 heavy (non-hydrogen) atoms. The van der Waals surface area contributed by atoms with Crippen molar-refractivity contribution in [3.05, 3.63) is 71.1 Å². The van der Waals surface area contributed by atoms with Crippen LogP contribution < -0.4 is 4.90 Å². The number of thiocarbonyl (C=S) groups is 1. The van der Waals surface area contributed by atoms with Crippen LogP contribution in [0.1, 0.15) is 13.3 Å². The first-order valence-electron chi connectivity index (χ1n) is 7.05. The molecular formula is C18H17NS2. The molecule has 0 saturated carbocycles. The molecule has 0 amide bonds. The molecule has 0 radical (unpaired) electrons. The highest BCUT2D eigenvalue weighted by Crippen LogP contribution is 2.34. The summed E-state index contributed by atoms with van der Waals surface area (Å²) in [5, 5.41) is 0. The van der Waals surface area contributed by atoms with Gasteiger partial charge in [0.1, 0.15) is 4.99 Å². The highest BCUT2D eigenvalue weighted by molar-refractivity contribution is 8.03. The zero-order valence-electron chi connectivity index (χ0n) is 12.0. The van der Waals surface area contributed by atoms with Crippen LogP contribution in [0.15, 0.2) is 76.0 Å². The summed E-state index contributed by atoms with van der Waals surface area (Å²) in [6, 6.07) is 20.9. The van der Waals surface area contributed by atoms with Crippen molar-refractivity contribution in [3.63, 3.8) is 0 Å². The number of para-hydroxylation sites is 1. The van der Waals surface area contributed by atoms with Crippen molar-refractivity contribution in [2.45, 2.75) is 18.2 Å². The quantitative estimate of drug-likeness (QED) is 0.431. The average molecular weight is 311 g/mol. The van der Waals surface area contributed by atoms with Crippen molar-refractivity contribution in [2.75, 3.05) is 11.4 Å². The van der Waals surface area contributed by atoms with E-state index in [1.807, 2.05) is 23.9 Å². The zero-order chi connectivity index (χ0) is 14.7. The summed E-state index contributed by atoms with van der Waals surface area (Å²) < 4.78 is 0. The second-order valence-electron chi connectivity index (χ2n) is 4.99. The molecule has 0 N–H and O–H groups in total. The Morgan fingerprint density at radius 1 is 1.00 bits per heavy atom. The fourth-order valence-corrected chi connectivity index (χ4v) is 3.99. The van der Waals surface area contributed by atoms with Gasteiger partial charge in [0, 0.05) is 17.1 Å². The van der Waals surface area contributed by atoms with Gasteiger partial charge in [0.2, 0.25) is 0 Å². The van der Waals surface area contributed by atoms with Gasteiger partial charge < -0.3 is 4.90 Å². The van der Waals surface area contributed by atoms with E-state index in [0.717, 1.165) is 18.0 Å². The lowest BCUT2D eigenvalue weighted by Crippen LogP contribution is -2.22. The standard InChI is InChI=1S/C18H17NS2/c1-14(21-16-10-6-3-7-11-16)17-12-13-19(18(17)20)15-8-4-2-5-9-15/h2-11H,12-13H2,1H3/b17-14+. The predicted octanol–water partition coefficient (Wildman–Crippen LogP) is 5.29. The summed E-state index contributed by atoms with van der Waals surface area (Å²) in [6.45, 7) is 3.15. The Balaban J connectivity index is 1.81. The van der Waals surface area contributed by atoms with Crippen LogP contribution in [-0.2, 0) is 0 Å². The van der Waals surface area contributed by atoms with Gasteiger partial charge in [0.05, 0.1) is 0 Å². The summed E-state index contributed by atoms with van der Waals surface area (Å²) in [7, 11) is 0. The van der Waals surface area contributed by atoms with Gasteiger partial charge in [0.25, 0.3) is 0 Å². The van der Waals surface area contributed by atoms with Crippen LogP contribution in [0.2, 0.25) is 0 Å². The molecule has 1 nitrogen and oxygen atoms in total. The van der Waals surface area contributed by atoms with Crippen LogP contribution in [0, 0.1) is 0 Å². The summed E-state index contributed by atoms with van der Waals surface area (Å²) in [5.41, 5.74) is 2.50. The lowest BCUT2D eigenvalue weighted by Gasteiger charge is -2.18. The maximum atomic E-state index is 5.69. The Morgan fingerprint density at radius 3 is 2.29 bits per heavy atom. The highest BCUT2D eigenvalue weighted by Gasteiger charge is 2.25. The smallest absolute Gasteiger partial charge is 0.110 e. The van der Waals surface area contributed by atoms with Gasteiger partial charge in [-0.3, -0.25) is 0 Å². The molecule has 0 spiro atoms. The number of hydrogen-bond acceptors (Lipinski definition) is 2. The third kappa shape index (κ3) is 3.20.